The maximum absolute atomic E-state index is 11.6. The molecule has 17 heavy (non-hydrogen) atoms. The summed E-state index contributed by atoms with van der Waals surface area (Å²) in [4.78, 5) is 11.6. The lowest BCUT2D eigenvalue weighted by atomic mass is 10.1. The van der Waals surface area contributed by atoms with Crippen molar-refractivity contribution < 1.29 is 4.79 Å². The zero-order chi connectivity index (χ0) is 13.0. The van der Waals surface area contributed by atoms with Gasteiger partial charge in [-0.05, 0) is 39.3 Å². The third-order valence-electron chi connectivity index (χ3n) is 2.92. The number of nitrogens with one attached hydrogen (secondary N) is 1. The van der Waals surface area contributed by atoms with Gasteiger partial charge in [0.05, 0.1) is 6.42 Å². The van der Waals surface area contributed by atoms with Crippen LogP contribution in [0.1, 0.15) is 36.8 Å². The second-order valence-corrected chi connectivity index (χ2v) is 4.68. The van der Waals surface area contributed by atoms with Crippen LogP contribution in [0.2, 0.25) is 0 Å². The third-order valence-corrected chi connectivity index (χ3v) is 2.92. The van der Waals surface area contributed by atoms with Crippen molar-refractivity contribution in [3.63, 3.8) is 0 Å². The molecule has 0 atom stereocenters. The van der Waals surface area contributed by atoms with Crippen molar-refractivity contribution in [3.8, 4) is 0 Å². The maximum Gasteiger partial charge on any atom is 0.224 e. The minimum Gasteiger partial charge on any atom is -0.355 e. The van der Waals surface area contributed by atoms with Gasteiger partial charge in [0.15, 0.2) is 0 Å². The summed E-state index contributed by atoms with van der Waals surface area (Å²) in [7, 11) is 0. The van der Waals surface area contributed by atoms with Crippen LogP contribution < -0.4 is 11.1 Å². The molecule has 0 saturated carbocycles. The van der Waals surface area contributed by atoms with Crippen molar-refractivity contribution in [2.75, 3.05) is 13.1 Å². The van der Waals surface area contributed by atoms with E-state index in [1.165, 1.54) is 11.4 Å². The zero-order valence-electron chi connectivity index (χ0n) is 11.2. The van der Waals surface area contributed by atoms with Gasteiger partial charge in [0.1, 0.15) is 0 Å². The summed E-state index contributed by atoms with van der Waals surface area (Å²) in [6, 6.07) is 2.52. The fraction of sp³-hybridized carbons (Fsp3) is 0.615. The Hall–Kier alpha value is -1.29. The summed E-state index contributed by atoms with van der Waals surface area (Å²) in [5.41, 5.74) is 8.84. The van der Waals surface area contributed by atoms with E-state index in [1.54, 1.807) is 0 Å². The van der Waals surface area contributed by atoms with Gasteiger partial charge in [-0.2, -0.15) is 0 Å². The Balaban J connectivity index is 2.79. The van der Waals surface area contributed by atoms with Crippen LogP contribution in [0.3, 0.4) is 0 Å². The van der Waals surface area contributed by atoms with Gasteiger partial charge in [-0.1, -0.05) is 0 Å². The molecule has 0 aliphatic rings. The highest BCUT2D eigenvalue weighted by Gasteiger charge is 2.13. The van der Waals surface area contributed by atoms with E-state index in [9.17, 15) is 4.79 Å². The zero-order valence-corrected chi connectivity index (χ0v) is 11.2. The second-order valence-electron chi connectivity index (χ2n) is 4.68. The second kappa shape index (κ2) is 5.87. The molecule has 4 heteroatoms. The van der Waals surface area contributed by atoms with E-state index in [0.717, 1.165) is 5.56 Å². The molecule has 1 amide bonds. The fourth-order valence-electron chi connectivity index (χ4n) is 2.27. The summed E-state index contributed by atoms with van der Waals surface area (Å²) in [6.45, 7) is 9.47. The van der Waals surface area contributed by atoms with Crippen LogP contribution in [0.4, 0.5) is 0 Å². The minimum atomic E-state index is 0.0412. The molecule has 0 saturated heterocycles. The number of hydrogen-bond donors (Lipinski definition) is 2. The van der Waals surface area contributed by atoms with Crippen molar-refractivity contribution in [2.45, 2.75) is 40.2 Å². The Kier molecular flexibility index (Phi) is 4.75. The molecule has 3 N–H and O–H groups in total. The van der Waals surface area contributed by atoms with E-state index >= 15 is 0 Å². The molecule has 0 spiro atoms. The SMILES string of the molecule is Cc1cc(CC(=O)NCCN)c(C)n1C(C)C. The molecular formula is C13H23N3O. The lowest BCUT2D eigenvalue weighted by molar-refractivity contribution is -0.120. The molecule has 0 radical (unpaired) electrons. The summed E-state index contributed by atoms with van der Waals surface area (Å²) in [5, 5.41) is 2.79. The number of nitrogens with zero attached hydrogens (tertiary/aromatic N) is 1. The van der Waals surface area contributed by atoms with Crippen molar-refractivity contribution in [1.29, 1.82) is 0 Å². The summed E-state index contributed by atoms with van der Waals surface area (Å²) in [6.07, 6.45) is 0.437. The van der Waals surface area contributed by atoms with E-state index in [0.29, 0.717) is 25.6 Å². The van der Waals surface area contributed by atoms with Gasteiger partial charge in [-0.25, -0.2) is 0 Å². The first-order chi connectivity index (χ1) is 7.97. The maximum atomic E-state index is 11.6. The van der Waals surface area contributed by atoms with E-state index in [-0.39, 0.29) is 5.91 Å². The number of rotatable bonds is 5. The number of amides is 1. The number of aryl methyl sites for hydroxylation is 1. The first-order valence-electron chi connectivity index (χ1n) is 6.11. The Morgan fingerprint density at radius 3 is 2.59 bits per heavy atom. The minimum absolute atomic E-state index is 0.0412. The van der Waals surface area contributed by atoms with E-state index in [2.05, 4.69) is 43.6 Å². The topological polar surface area (TPSA) is 60.1 Å². The van der Waals surface area contributed by atoms with Crippen LogP contribution in [0.5, 0.6) is 0 Å². The predicted molar refractivity (Wildman–Crippen MR) is 70.1 cm³/mol. The van der Waals surface area contributed by atoms with Crippen LogP contribution in [-0.4, -0.2) is 23.6 Å². The molecule has 0 aliphatic carbocycles. The molecule has 0 unspecified atom stereocenters. The standard InChI is InChI=1S/C13H23N3O/c1-9(2)16-10(3)7-12(11(16)4)8-13(17)15-6-5-14/h7,9H,5-6,8,14H2,1-4H3,(H,15,17). The van der Waals surface area contributed by atoms with Gasteiger partial charge in [-0.15, -0.1) is 0 Å². The van der Waals surface area contributed by atoms with Crippen molar-refractivity contribution in [2.24, 2.45) is 5.73 Å². The molecule has 1 aromatic rings. The van der Waals surface area contributed by atoms with Crippen molar-refractivity contribution in [1.82, 2.24) is 9.88 Å². The molecule has 0 aliphatic heterocycles. The summed E-state index contributed by atoms with van der Waals surface area (Å²) < 4.78 is 2.26. The fourth-order valence-corrected chi connectivity index (χ4v) is 2.27. The highest BCUT2D eigenvalue weighted by molar-refractivity contribution is 5.78. The van der Waals surface area contributed by atoms with Gasteiger partial charge < -0.3 is 15.6 Å². The number of hydrogen-bond acceptors (Lipinski definition) is 2. The largest absolute Gasteiger partial charge is 0.355 e. The highest BCUT2D eigenvalue weighted by Crippen LogP contribution is 2.20. The number of nitrogens with two attached hydrogens (primary N) is 1. The summed E-state index contributed by atoms with van der Waals surface area (Å²) >= 11 is 0. The molecule has 1 heterocycles. The van der Waals surface area contributed by atoms with Crippen LogP contribution in [-0.2, 0) is 11.2 Å². The van der Waals surface area contributed by atoms with E-state index < -0.39 is 0 Å². The quantitative estimate of drug-likeness (QED) is 0.811. The molecule has 0 fully saturated rings. The Bertz CT molecular complexity index is 394. The van der Waals surface area contributed by atoms with Gasteiger partial charge in [0, 0.05) is 30.5 Å². The van der Waals surface area contributed by atoms with Crippen LogP contribution in [0.15, 0.2) is 6.07 Å². The predicted octanol–water partition coefficient (Wildman–Crippen LogP) is 1.30. The van der Waals surface area contributed by atoms with Gasteiger partial charge in [0.2, 0.25) is 5.91 Å². The Morgan fingerprint density at radius 1 is 1.47 bits per heavy atom. The first-order valence-corrected chi connectivity index (χ1v) is 6.11. The van der Waals surface area contributed by atoms with Crippen LogP contribution in [0.25, 0.3) is 0 Å². The van der Waals surface area contributed by atoms with Gasteiger partial charge in [-0.3, -0.25) is 4.79 Å². The Morgan fingerprint density at radius 2 is 2.12 bits per heavy atom. The molecular weight excluding hydrogens is 214 g/mol. The lowest BCUT2D eigenvalue weighted by Crippen LogP contribution is -2.30. The van der Waals surface area contributed by atoms with E-state index in [1.807, 2.05) is 0 Å². The van der Waals surface area contributed by atoms with Crippen LogP contribution in [0, 0.1) is 13.8 Å². The third kappa shape index (κ3) is 3.33. The number of carbonyl (C=O) groups excluding carboxylic acids is 1. The molecule has 96 valence electrons. The number of carbonyl (C=O) groups is 1. The first kappa shape index (κ1) is 13.8. The number of aromatic nitrogens is 1. The lowest BCUT2D eigenvalue weighted by Gasteiger charge is -2.13. The van der Waals surface area contributed by atoms with Gasteiger partial charge in [0.25, 0.3) is 0 Å². The normalized spacial score (nSPS) is 10.9. The molecule has 4 nitrogen and oxygen atoms in total. The smallest absolute Gasteiger partial charge is 0.224 e. The highest BCUT2D eigenvalue weighted by atomic mass is 16.1. The molecule has 0 bridgehead atoms. The molecule has 0 aromatic carbocycles. The van der Waals surface area contributed by atoms with Crippen molar-refractivity contribution in [3.05, 3.63) is 23.0 Å². The Labute approximate surface area is 103 Å². The van der Waals surface area contributed by atoms with Crippen molar-refractivity contribution >= 4 is 5.91 Å². The molecule has 1 rings (SSSR count). The summed E-state index contributed by atoms with van der Waals surface area (Å²) in [5.74, 6) is 0.0412. The monoisotopic (exact) mass is 237 g/mol. The van der Waals surface area contributed by atoms with Crippen LogP contribution >= 0.6 is 0 Å². The average molecular weight is 237 g/mol. The van der Waals surface area contributed by atoms with Gasteiger partial charge >= 0.3 is 0 Å². The van der Waals surface area contributed by atoms with E-state index in [4.69, 9.17) is 5.73 Å². The molecule has 1 aromatic heterocycles. The average Bonchev–Trinajstić information content (AvgIpc) is 2.51.